The summed E-state index contributed by atoms with van der Waals surface area (Å²) in [6, 6.07) is 12.4. The molecule has 3 aromatic rings. The lowest BCUT2D eigenvalue weighted by Gasteiger charge is -2.29. The second kappa shape index (κ2) is 10.0. The third kappa shape index (κ3) is 4.67. The Kier molecular flexibility index (Phi) is 6.32. The first-order chi connectivity index (χ1) is 17.7. The number of hydrogen-bond acceptors (Lipinski definition) is 6. The van der Waals surface area contributed by atoms with Crippen molar-refractivity contribution >= 4 is 5.76 Å². The van der Waals surface area contributed by atoms with Crippen molar-refractivity contribution in [1.29, 1.82) is 0 Å². The Balaban J connectivity index is 1.24. The Morgan fingerprint density at radius 2 is 1.86 bits per heavy atom. The fourth-order valence-electron chi connectivity index (χ4n) is 4.89. The van der Waals surface area contributed by atoms with Crippen LogP contribution in [-0.2, 0) is 16.0 Å². The maximum absolute atomic E-state index is 6.18. The van der Waals surface area contributed by atoms with Crippen LogP contribution in [-0.4, -0.2) is 33.8 Å². The van der Waals surface area contributed by atoms with E-state index in [1.165, 1.54) is 0 Å². The summed E-state index contributed by atoms with van der Waals surface area (Å²) in [5, 5.41) is 4.75. The molecule has 36 heavy (non-hydrogen) atoms. The van der Waals surface area contributed by atoms with Gasteiger partial charge in [0.15, 0.2) is 17.3 Å². The fourth-order valence-corrected chi connectivity index (χ4v) is 4.89. The molecule has 2 aromatic heterocycles. The number of furan rings is 1. The highest BCUT2D eigenvalue weighted by Crippen LogP contribution is 2.32. The highest BCUT2D eigenvalue weighted by atomic mass is 16.5. The first-order valence-electron chi connectivity index (χ1n) is 12.5. The van der Waals surface area contributed by atoms with E-state index in [4.69, 9.17) is 24.7 Å². The third-order valence-corrected chi connectivity index (χ3v) is 6.92. The molecule has 1 aromatic carbocycles. The van der Waals surface area contributed by atoms with Gasteiger partial charge in [0.2, 0.25) is 0 Å². The average molecular weight is 483 g/mol. The zero-order chi connectivity index (χ0) is 24.3. The summed E-state index contributed by atoms with van der Waals surface area (Å²) in [5.74, 6) is 2.25. The van der Waals surface area contributed by atoms with Gasteiger partial charge in [-0.25, -0.2) is 4.68 Å². The Labute approximate surface area is 210 Å². The van der Waals surface area contributed by atoms with Crippen LogP contribution in [0.3, 0.4) is 0 Å². The molecular weight excluding hydrogens is 452 g/mol. The lowest BCUT2D eigenvalue weighted by atomic mass is 10.0. The Morgan fingerprint density at radius 1 is 1.03 bits per heavy atom. The largest absolute Gasteiger partial charge is 0.465 e. The molecule has 0 atom stereocenters. The van der Waals surface area contributed by atoms with Crippen molar-refractivity contribution in [3.8, 4) is 17.1 Å². The minimum absolute atomic E-state index is 0.309. The molecule has 6 rings (SSSR count). The average Bonchev–Trinajstić information content (AvgIpc) is 3.61. The van der Waals surface area contributed by atoms with E-state index in [2.05, 4.69) is 23.1 Å². The number of benzene rings is 1. The molecule has 4 heterocycles. The molecule has 0 amide bonds. The van der Waals surface area contributed by atoms with Gasteiger partial charge in [-0.2, -0.15) is 5.10 Å². The van der Waals surface area contributed by atoms with Crippen molar-refractivity contribution in [3.63, 3.8) is 0 Å². The quantitative estimate of drug-likeness (QED) is 0.499. The van der Waals surface area contributed by atoms with Gasteiger partial charge in [-0.15, -0.1) is 0 Å². The molecule has 0 radical (unpaired) electrons. The van der Waals surface area contributed by atoms with Crippen LogP contribution < -0.4 is 5.73 Å². The molecule has 2 N–H and O–H groups in total. The minimum Gasteiger partial charge on any atom is -0.465 e. The van der Waals surface area contributed by atoms with Crippen molar-refractivity contribution in [3.05, 3.63) is 102 Å². The standard InChI is InChI=1S/C29H30N4O3/c30-24-12-14-32(15-13-24)18-23-17-31-33(29(23)26-7-4-16-35-26)25-10-8-22(9-11-25)28-20-34-19-27(36-28)21-5-2-1-3-6-21/h1-2,4-5,7-11,16-17,19-20,24H,3,6,12-15,18,30H2. The van der Waals surface area contributed by atoms with Crippen molar-refractivity contribution < 1.29 is 13.9 Å². The Bertz CT molecular complexity index is 1320. The number of piperidine rings is 1. The summed E-state index contributed by atoms with van der Waals surface area (Å²) in [4.78, 5) is 2.44. The molecule has 1 saturated heterocycles. The molecule has 7 heteroatoms. The topological polar surface area (TPSA) is 78.7 Å². The van der Waals surface area contributed by atoms with Crippen LogP contribution >= 0.6 is 0 Å². The Morgan fingerprint density at radius 3 is 2.61 bits per heavy atom. The number of nitrogens with two attached hydrogens (primary N) is 1. The van der Waals surface area contributed by atoms with Crippen molar-refractivity contribution in [2.45, 2.75) is 38.3 Å². The number of rotatable bonds is 6. The van der Waals surface area contributed by atoms with Crippen LogP contribution in [0.4, 0.5) is 0 Å². The molecule has 1 aliphatic carbocycles. The summed E-state index contributed by atoms with van der Waals surface area (Å²) in [7, 11) is 0. The summed E-state index contributed by atoms with van der Waals surface area (Å²) >= 11 is 0. The normalized spacial score (nSPS) is 18.8. The van der Waals surface area contributed by atoms with E-state index in [1.807, 2.05) is 47.3 Å². The lowest BCUT2D eigenvalue weighted by Crippen LogP contribution is -2.39. The SMILES string of the molecule is NC1CCN(Cc2cnn(-c3ccc(C4=COC=C(C5=CC=CCC5)O4)cc3)c2-c2ccco2)CC1. The molecule has 0 unspecified atom stereocenters. The molecular formula is C29H30N4O3. The van der Waals surface area contributed by atoms with Crippen LogP contribution in [0.15, 0.2) is 95.4 Å². The van der Waals surface area contributed by atoms with Crippen molar-refractivity contribution in [2.75, 3.05) is 13.1 Å². The second-order valence-corrected chi connectivity index (χ2v) is 9.43. The Hall–Kier alpha value is -3.81. The molecule has 0 bridgehead atoms. The highest BCUT2D eigenvalue weighted by Gasteiger charge is 2.22. The minimum atomic E-state index is 0.309. The van der Waals surface area contributed by atoms with Gasteiger partial charge in [0.25, 0.3) is 0 Å². The van der Waals surface area contributed by atoms with Crippen molar-refractivity contribution in [2.24, 2.45) is 5.73 Å². The lowest BCUT2D eigenvalue weighted by molar-refractivity contribution is 0.206. The van der Waals surface area contributed by atoms with Crippen LogP contribution in [0.5, 0.6) is 0 Å². The molecule has 3 aliphatic rings. The van der Waals surface area contributed by atoms with Crippen LogP contribution in [0, 0.1) is 0 Å². The van der Waals surface area contributed by atoms with E-state index in [0.29, 0.717) is 11.8 Å². The van der Waals surface area contributed by atoms with Gasteiger partial charge in [0.05, 0.1) is 18.1 Å². The monoisotopic (exact) mass is 482 g/mol. The van der Waals surface area contributed by atoms with E-state index in [-0.39, 0.29) is 0 Å². The second-order valence-electron chi connectivity index (χ2n) is 9.43. The first-order valence-corrected chi connectivity index (χ1v) is 12.5. The molecule has 7 nitrogen and oxygen atoms in total. The number of allylic oxidation sites excluding steroid dienone is 4. The van der Waals surface area contributed by atoms with Gasteiger partial charge in [-0.05, 0) is 80.7 Å². The van der Waals surface area contributed by atoms with E-state index in [1.54, 1.807) is 18.8 Å². The third-order valence-electron chi connectivity index (χ3n) is 6.92. The van der Waals surface area contributed by atoms with Crippen LogP contribution in [0.2, 0.25) is 0 Å². The summed E-state index contributed by atoms with van der Waals surface area (Å²) in [5.41, 5.74) is 11.2. The van der Waals surface area contributed by atoms with Gasteiger partial charge >= 0.3 is 0 Å². The van der Waals surface area contributed by atoms with Gasteiger partial charge in [0, 0.05) is 23.7 Å². The van der Waals surface area contributed by atoms with E-state index >= 15 is 0 Å². The molecule has 0 saturated carbocycles. The fraction of sp³-hybridized carbons (Fsp3) is 0.276. The van der Waals surface area contributed by atoms with E-state index < -0.39 is 0 Å². The number of likely N-dealkylation sites (tertiary alicyclic amines) is 1. The summed E-state index contributed by atoms with van der Waals surface area (Å²) in [6.07, 6.45) is 17.3. The molecule has 1 fully saturated rings. The zero-order valence-electron chi connectivity index (χ0n) is 20.2. The first kappa shape index (κ1) is 22.6. The van der Waals surface area contributed by atoms with Gasteiger partial charge in [-0.3, -0.25) is 4.90 Å². The predicted octanol–water partition coefficient (Wildman–Crippen LogP) is 5.52. The number of hydrogen-bond donors (Lipinski definition) is 1. The van der Waals surface area contributed by atoms with Gasteiger partial charge in [0.1, 0.15) is 18.2 Å². The summed E-state index contributed by atoms with van der Waals surface area (Å²) < 4.78 is 19.6. The maximum Gasteiger partial charge on any atom is 0.169 e. The van der Waals surface area contributed by atoms with E-state index in [0.717, 1.165) is 84.9 Å². The number of ether oxygens (including phenoxy) is 2. The molecule has 2 aliphatic heterocycles. The van der Waals surface area contributed by atoms with Crippen LogP contribution in [0.1, 0.15) is 36.8 Å². The predicted molar refractivity (Wildman–Crippen MR) is 138 cm³/mol. The molecule has 0 spiro atoms. The highest BCUT2D eigenvalue weighted by molar-refractivity contribution is 5.64. The van der Waals surface area contributed by atoms with Crippen LogP contribution in [0.25, 0.3) is 22.9 Å². The smallest absolute Gasteiger partial charge is 0.169 e. The molecule has 184 valence electrons. The maximum atomic E-state index is 6.18. The number of aromatic nitrogens is 2. The van der Waals surface area contributed by atoms with Gasteiger partial charge in [-0.1, -0.05) is 18.2 Å². The van der Waals surface area contributed by atoms with Gasteiger partial charge < -0.3 is 19.6 Å². The number of nitrogens with zero attached hydrogens (tertiary/aromatic N) is 3. The van der Waals surface area contributed by atoms with E-state index in [9.17, 15) is 0 Å². The summed E-state index contributed by atoms with van der Waals surface area (Å²) in [6.45, 7) is 2.82. The zero-order valence-corrected chi connectivity index (χ0v) is 20.2. The van der Waals surface area contributed by atoms with Crippen molar-refractivity contribution in [1.82, 2.24) is 14.7 Å².